The van der Waals surface area contributed by atoms with Crippen LogP contribution in [-0.4, -0.2) is 13.4 Å². The van der Waals surface area contributed by atoms with Gasteiger partial charge >= 0.3 is 0 Å². The van der Waals surface area contributed by atoms with E-state index in [1.54, 1.807) is 13.4 Å². The lowest BCUT2D eigenvalue weighted by molar-refractivity contribution is 1.25. The Labute approximate surface area is 57.8 Å². The highest BCUT2D eigenvalue weighted by Crippen LogP contribution is 1.95. The number of rotatable bonds is 2. The van der Waals surface area contributed by atoms with Crippen LogP contribution >= 0.6 is 15.9 Å². The van der Waals surface area contributed by atoms with Gasteiger partial charge < -0.3 is 5.32 Å². The maximum absolute atomic E-state index is 3.72. The predicted molar refractivity (Wildman–Crippen MR) is 40.2 cm³/mol. The minimum atomic E-state index is 0.933. The van der Waals surface area contributed by atoms with Crippen molar-refractivity contribution >= 4 is 22.3 Å². The van der Waals surface area contributed by atoms with Crippen molar-refractivity contribution in [1.29, 1.82) is 0 Å². The summed E-state index contributed by atoms with van der Waals surface area (Å²) in [6.07, 6.45) is 3.52. The maximum Gasteiger partial charge on any atom is 0.0868 e. The van der Waals surface area contributed by atoms with Crippen LogP contribution in [0.3, 0.4) is 0 Å². The molecule has 0 spiro atoms. The third kappa shape index (κ3) is 3.87. The van der Waals surface area contributed by atoms with Crippen LogP contribution < -0.4 is 5.32 Å². The van der Waals surface area contributed by atoms with Gasteiger partial charge in [-0.2, -0.15) is 0 Å². The van der Waals surface area contributed by atoms with Crippen LogP contribution in [0.2, 0.25) is 0 Å². The first-order valence-electron chi connectivity index (χ1n) is 2.30. The minimum Gasteiger partial charge on any atom is -0.341 e. The molecule has 0 aromatic rings. The Balaban J connectivity index is 3.40. The fraction of sp³-hybridized carbons (Fsp3) is 0.400. The Morgan fingerprint density at radius 2 is 2.38 bits per heavy atom. The van der Waals surface area contributed by atoms with Crippen molar-refractivity contribution in [2.75, 3.05) is 7.05 Å². The highest BCUT2D eigenvalue weighted by molar-refractivity contribution is 9.11. The quantitative estimate of drug-likeness (QED) is 0.385. The lowest BCUT2D eigenvalue weighted by Gasteiger charge is -1.91. The molecular formula is C5H9BrN2. The molecule has 0 aromatic carbocycles. The zero-order chi connectivity index (χ0) is 6.41. The Morgan fingerprint density at radius 3 is 2.75 bits per heavy atom. The summed E-state index contributed by atoms with van der Waals surface area (Å²) in [6.45, 7) is 1.93. The molecule has 0 aliphatic heterocycles. The SMILES string of the molecule is C/C=C(/Br)N/C=N/C. The van der Waals surface area contributed by atoms with Gasteiger partial charge in [0.2, 0.25) is 0 Å². The van der Waals surface area contributed by atoms with Gasteiger partial charge in [-0.1, -0.05) is 6.08 Å². The number of nitrogens with zero attached hydrogens (tertiary/aromatic N) is 1. The first kappa shape index (κ1) is 7.69. The summed E-state index contributed by atoms with van der Waals surface area (Å²) in [5.74, 6) is 0. The molecular weight excluding hydrogens is 168 g/mol. The van der Waals surface area contributed by atoms with Crippen LogP contribution in [0.15, 0.2) is 15.7 Å². The average Bonchev–Trinajstić information content (AvgIpc) is 1.83. The number of allylic oxidation sites excluding steroid dienone is 1. The number of nitrogens with one attached hydrogen (secondary N) is 1. The molecule has 0 fully saturated rings. The van der Waals surface area contributed by atoms with Crippen LogP contribution in [0.5, 0.6) is 0 Å². The van der Waals surface area contributed by atoms with Crippen molar-refractivity contribution in [3.63, 3.8) is 0 Å². The van der Waals surface area contributed by atoms with Gasteiger partial charge in [-0.25, -0.2) is 0 Å². The highest BCUT2D eigenvalue weighted by atomic mass is 79.9. The van der Waals surface area contributed by atoms with Crippen LogP contribution in [0.1, 0.15) is 6.92 Å². The lowest BCUT2D eigenvalue weighted by atomic mass is 10.7. The van der Waals surface area contributed by atoms with E-state index >= 15 is 0 Å². The summed E-state index contributed by atoms with van der Waals surface area (Å²) in [5.41, 5.74) is 0. The Morgan fingerprint density at radius 1 is 1.75 bits per heavy atom. The van der Waals surface area contributed by atoms with Crippen molar-refractivity contribution in [2.45, 2.75) is 6.92 Å². The minimum absolute atomic E-state index is 0.933. The zero-order valence-corrected chi connectivity index (χ0v) is 6.57. The standard InChI is InChI=1S/C5H9BrN2/c1-3-5(6)8-4-7-2/h3-4H,1-2H3,(H,7,8)/b5-3-. The molecule has 0 unspecified atom stereocenters. The molecule has 0 bridgehead atoms. The molecule has 0 saturated carbocycles. The van der Waals surface area contributed by atoms with Gasteiger partial charge in [-0.3, -0.25) is 4.99 Å². The first-order chi connectivity index (χ1) is 3.81. The maximum atomic E-state index is 3.72. The summed E-state index contributed by atoms with van der Waals surface area (Å²) in [7, 11) is 1.71. The first-order valence-corrected chi connectivity index (χ1v) is 3.09. The average molecular weight is 177 g/mol. The summed E-state index contributed by atoms with van der Waals surface area (Å²) in [5, 5.41) is 2.87. The molecule has 0 aliphatic rings. The molecule has 0 atom stereocenters. The Kier molecular flexibility index (Phi) is 4.65. The summed E-state index contributed by atoms with van der Waals surface area (Å²) in [6, 6.07) is 0. The van der Waals surface area contributed by atoms with E-state index in [9.17, 15) is 0 Å². The van der Waals surface area contributed by atoms with Gasteiger partial charge in [0, 0.05) is 7.05 Å². The zero-order valence-electron chi connectivity index (χ0n) is 4.98. The van der Waals surface area contributed by atoms with Crippen molar-refractivity contribution in [3.8, 4) is 0 Å². The van der Waals surface area contributed by atoms with Gasteiger partial charge in [0.05, 0.1) is 10.9 Å². The van der Waals surface area contributed by atoms with Crippen LogP contribution in [-0.2, 0) is 0 Å². The van der Waals surface area contributed by atoms with E-state index in [4.69, 9.17) is 0 Å². The third-order valence-corrected chi connectivity index (χ3v) is 1.27. The molecule has 2 nitrogen and oxygen atoms in total. The molecule has 46 valence electrons. The topological polar surface area (TPSA) is 24.4 Å². The van der Waals surface area contributed by atoms with Gasteiger partial charge in [-0.15, -0.1) is 0 Å². The second kappa shape index (κ2) is 4.84. The highest BCUT2D eigenvalue weighted by Gasteiger charge is 1.77. The largest absolute Gasteiger partial charge is 0.341 e. The monoisotopic (exact) mass is 176 g/mol. The molecule has 8 heavy (non-hydrogen) atoms. The smallest absolute Gasteiger partial charge is 0.0868 e. The number of halogens is 1. The van der Waals surface area contributed by atoms with Gasteiger partial charge in [0.1, 0.15) is 0 Å². The van der Waals surface area contributed by atoms with E-state index in [0.29, 0.717) is 0 Å². The lowest BCUT2D eigenvalue weighted by Crippen LogP contribution is -2.04. The summed E-state index contributed by atoms with van der Waals surface area (Å²) in [4.78, 5) is 3.72. The second-order valence-electron chi connectivity index (χ2n) is 1.17. The molecule has 0 amide bonds. The molecule has 1 N–H and O–H groups in total. The molecule has 0 aliphatic carbocycles. The van der Waals surface area contributed by atoms with Crippen LogP contribution in [0.4, 0.5) is 0 Å². The Hall–Kier alpha value is -0.310. The molecule has 3 heteroatoms. The van der Waals surface area contributed by atoms with E-state index < -0.39 is 0 Å². The summed E-state index contributed by atoms with van der Waals surface area (Å²) < 4.78 is 0.933. The van der Waals surface area contributed by atoms with Crippen molar-refractivity contribution in [2.24, 2.45) is 4.99 Å². The van der Waals surface area contributed by atoms with Crippen molar-refractivity contribution in [3.05, 3.63) is 10.7 Å². The molecule has 0 aromatic heterocycles. The fourth-order valence-electron chi connectivity index (χ4n) is 0.210. The van der Waals surface area contributed by atoms with Gasteiger partial charge in [0.25, 0.3) is 0 Å². The van der Waals surface area contributed by atoms with E-state index in [2.05, 4.69) is 26.2 Å². The second-order valence-corrected chi connectivity index (χ2v) is 2.02. The van der Waals surface area contributed by atoms with E-state index in [1.807, 2.05) is 13.0 Å². The van der Waals surface area contributed by atoms with E-state index in [0.717, 1.165) is 4.61 Å². The predicted octanol–water partition coefficient (Wildman–Crippen LogP) is 1.49. The molecule has 0 rings (SSSR count). The molecule has 0 radical (unpaired) electrons. The van der Waals surface area contributed by atoms with Gasteiger partial charge in [-0.05, 0) is 22.9 Å². The number of hydrogen-bond donors (Lipinski definition) is 1. The van der Waals surface area contributed by atoms with Crippen LogP contribution in [0.25, 0.3) is 0 Å². The van der Waals surface area contributed by atoms with Crippen molar-refractivity contribution < 1.29 is 0 Å². The Bertz CT molecular complexity index is 107. The summed E-state index contributed by atoms with van der Waals surface area (Å²) >= 11 is 3.24. The van der Waals surface area contributed by atoms with Gasteiger partial charge in [0.15, 0.2) is 0 Å². The number of hydrogen-bond acceptors (Lipinski definition) is 1. The molecule has 0 heterocycles. The van der Waals surface area contributed by atoms with Crippen LogP contribution in [0, 0.1) is 0 Å². The third-order valence-electron chi connectivity index (χ3n) is 0.585. The van der Waals surface area contributed by atoms with Crippen molar-refractivity contribution in [1.82, 2.24) is 5.32 Å². The van der Waals surface area contributed by atoms with E-state index in [1.165, 1.54) is 0 Å². The molecule has 0 saturated heterocycles. The normalized spacial score (nSPS) is 12.6. The number of aliphatic imine (C=N–C) groups is 1. The fourth-order valence-corrected chi connectivity index (χ4v) is 0.312. The van der Waals surface area contributed by atoms with E-state index in [-0.39, 0.29) is 0 Å².